The van der Waals surface area contributed by atoms with E-state index in [0.29, 0.717) is 31.8 Å². The Bertz CT molecular complexity index is 1740. The van der Waals surface area contributed by atoms with Crippen LogP contribution in [0.15, 0.2) is 97.1 Å². The van der Waals surface area contributed by atoms with Gasteiger partial charge in [0.15, 0.2) is 11.2 Å². The van der Waals surface area contributed by atoms with Gasteiger partial charge in [-0.15, -0.1) is 0 Å². The van der Waals surface area contributed by atoms with Gasteiger partial charge in [0.05, 0.1) is 18.6 Å². The van der Waals surface area contributed by atoms with Gasteiger partial charge in [-0.1, -0.05) is 94.9 Å². The molecule has 224 valence electrons. The molecule has 0 amide bonds. The van der Waals surface area contributed by atoms with E-state index in [2.05, 4.69) is 6.07 Å². The highest BCUT2D eigenvalue weighted by atomic mass is 35.5. The number of ketones is 1. The smallest absolute Gasteiger partial charge is 0.327 e. The second-order valence-corrected chi connectivity index (χ2v) is 12.4. The second-order valence-electron chi connectivity index (χ2n) is 10.8. The summed E-state index contributed by atoms with van der Waals surface area (Å²) >= 11 is 26.0. The Morgan fingerprint density at radius 3 is 1.89 bits per heavy atom. The summed E-state index contributed by atoms with van der Waals surface area (Å²) in [6.45, 7) is 1.62. The molecule has 0 aliphatic heterocycles. The number of ether oxygens (including phenoxy) is 1. The minimum Gasteiger partial charge on any atom is -0.465 e. The van der Waals surface area contributed by atoms with Crippen LogP contribution >= 0.6 is 46.4 Å². The number of benzene rings is 4. The van der Waals surface area contributed by atoms with Gasteiger partial charge in [0.2, 0.25) is 0 Å². The molecule has 0 bridgehead atoms. The van der Waals surface area contributed by atoms with Crippen LogP contribution in [0.2, 0.25) is 20.1 Å². The van der Waals surface area contributed by atoms with Crippen molar-refractivity contribution in [3.63, 3.8) is 0 Å². The van der Waals surface area contributed by atoms with Crippen LogP contribution in [0.3, 0.4) is 0 Å². The summed E-state index contributed by atoms with van der Waals surface area (Å²) in [6, 6.07) is 28.6. The number of rotatable bonds is 7. The zero-order valence-electron chi connectivity index (χ0n) is 23.5. The third kappa shape index (κ3) is 5.51. The Balaban J connectivity index is 1.93. The van der Waals surface area contributed by atoms with Crippen molar-refractivity contribution in [2.24, 2.45) is 11.3 Å². The lowest BCUT2D eigenvalue weighted by atomic mass is 9.47. The van der Waals surface area contributed by atoms with Gasteiger partial charge in [-0.2, -0.15) is 5.26 Å². The van der Waals surface area contributed by atoms with E-state index < -0.39 is 40.5 Å². The molecule has 1 saturated carbocycles. The number of nitrogens with zero attached hydrogens (tertiary/aromatic N) is 1. The van der Waals surface area contributed by atoms with Crippen molar-refractivity contribution in [2.45, 2.75) is 30.8 Å². The number of hydrogen-bond donors (Lipinski definition) is 1. The predicted octanol–water partition coefficient (Wildman–Crippen LogP) is 9.03. The van der Waals surface area contributed by atoms with Crippen LogP contribution in [0.4, 0.5) is 0 Å². The van der Waals surface area contributed by atoms with E-state index in [-0.39, 0.29) is 23.6 Å². The van der Waals surface area contributed by atoms with Crippen molar-refractivity contribution in [1.82, 2.24) is 0 Å². The highest BCUT2D eigenvalue weighted by molar-refractivity contribution is 6.32. The first-order valence-corrected chi connectivity index (χ1v) is 15.4. The van der Waals surface area contributed by atoms with Crippen molar-refractivity contribution in [1.29, 1.82) is 5.26 Å². The summed E-state index contributed by atoms with van der Waals surface area (Å²) < 4.78 is 5.62. The molecule has 9 heteroatoms. The molecule has 1 N–H and O–H groups in total. The molecule has 1 fully saturated rings. The third-order valence-electron chi connectivity index (χ3n) is 8.48. The molecule has 5 nitrogen and oxygen atoms in total. The summed E-state index contributed by atoms with van der Waals surface area (Å²) in [5, 5.41) is 25.6. The molecule has 4 aromatic rings. The molecular formula is C35H27Cl4NO4. The first-order valence-electron chi connectivity index (χ1n) is 13.9. The Kier molecular flexibility index (Phi) is 9.41. The van der Waals surface area contributed by atoms with Gasteiger partial charge in [0.25, 0.3) is 0 Å². The molecular weight excluding hydrogens is 640 g/mol. The van der Waals surface area contributed by atoms with Crippen molar-refractivity contribution in [3.8, 4) is 6.07 Å². The van der Waals surface area contributed by atoms with Crippen LogP contribution in [0.25, 0.3) is 0 Å². The Hall–Kier alpha value is -3.37. The molecule has 1 aliphatic rings. The van der Waals surface area contributed by atoms with Gasteiger partial charge in [-0.3, -0.25) is 9.59 Å². The molecule has 0 aromatic heterocycles. The molecule has 4 aromatic carbocycles. The van der Waals surface area contributed by atoms with Gasteiger partial charge < -0.3 is 9.84 Å². The summed E-state index contributed by atoms with van der Waals surface area (Å²) in [6.07, 6.45) is -0.226. The number of nitriles is 1. The minimum absolute atomic E-state index is 0.0238. The zero-order chi connectivity index (χ0) is 31.6. The molecule has 0 heterocycles. The van der Waals surface area contributed by atoms with E-state index >= 15 is 0 Å². The maximum atomic E-state index is 14.8. The van der Waals surface area contributed by atoms with E-state index in [1.165, 1.54) is 0 Å². The quantitative estimate of drug-likeness (QED) is 0.157. The SMILES string of the molecule is CCOC(=O)[C@@]1(C#N)[C@H](c2ccccc2Cl)[C@H](C(=O)c2ccc(Cl)cc2)[C@@](O)(c2ccc(Cl)cc2)C[C@H]1c1ccccc1Cl. The fourth-order valence-electron chi connectivity index (χ4n) is 6.53. The predicted molar refractivity (Wildman–Crippen MR) is 172 cm³/mol. The summed E-state index contributed by atoms with van der Waals surface area (Å²) in [5.74, 6) is -5.07. The molecule has 5 atom stereocenters. The van der Waals surface area contributed by atoms with Gasteiger partial charge >= 0.3 is 5.97 Å². The average molecular weight is 667 g/mol. The molecule has 44 heavy (non-hydrogen) atoms. The van der Waals surface area contributed by atoms with E-state index in [9.17, 15) is 20.0 Å². The van der Waals surface area contributed by atoms with Gasteiger partial charge in [-0.25, -0.2) is 0 Å². The molecule has 5 rings (SSSR count). The van der Waals surface area contributed by atoms with E-state index in [4.69, 9.17) is 51.1 Å². The van der Waals surface area contributed by atoms with Crippen LogP contribution < -0.4 is 0 Å². The fourth-order valence-corrected chi connectivity index (χ4v) is 7.30. The van der Waals surface area contributed by atoms with Crippen LogP contribution in [0.1, 0.15) is 52.2 Å². The average Bonchev–Trinajstić information content (AvgIpc) is 3.01. The van der Waals surface area contributed by atoms with Gasteiger partial charge in [0.1, 0.15) is 5.60 Å². The van der Waals surface area contributed by atoms with E-state index in [1.807, 2.05) is 0 Å². The van der Waals surface area contributed by atoms with Crippen molar-refractivity contribution in [2.75, 3.05) is 6.61 Å². The maximum absolute atomic E-state index is 14.8. The van der Waals surface area contributed by atoms with Crippen molar-refractivity contribution >= 4 is 58.2 Å². The standard InChI is InChI=1S/C35H27Cl4NO4/c1-2-44-33(42)34(20-40)27(25-7-3-5-9-28(25)38)19-35(43,22-13-17-24(37)18-14-22)31(30(34)26-8-4-6-10-29(26)39)32(41)21-11-15-23(36)16-12-21/h3-18,27,30-31,43H,2,19H2,1H3/t27-,30+,31+,34+,35-/m0/s1. The number of hydrogen-bond acceptors (Lipinski definition) is 5. The lowest BCUT2D eigenvalue weighted by Crippen LogP contribution is -2.59. The van der Waals surface area contributed by atoms with Gasteiger partial charge in [-0.05, 0) is 78.6 Å². The van der Waals surface area contributed by atoms with Gasteiger partial charge in [0, 0.05) is 37.5 Å². The molecule has 0 unspecified atom stereocenters. The number of esters is 1. The van der Waals surface area contributed by atoms with Crippen LogP contribution in [-0.2, 0) is 15.1 Å². The fraction of sp³-hybridized carbons (Fsp3) is 0.229. The topological polar surface area (TPSA) is 87.4 Å². The zero-order valence-corrected chi connectivity index (χ0v) is 26.5. The summed E-state index contributed by atoms with van der Waals surface area (Å²) in [4.78, 5) is 29.1. The summed E-state index contributed by atoms with van der Waals surface area (Å²) in [7, 11) is 0. The minimum atomic E-state index is -2.04. The first kappa shape index (κ1) is 32.0. The largest absolute Gasteiger partial charge is 0.465 e. The van der Waals surface area contributed by atoms with Crippen molar-refractivity contribution in [3.05, 3.63) is 139 Å². The van der Waals surface area contributed by atoms with Crippen LogP contribution in [0.5, 0.6) is 0 Å². The Morgan fingerprint density at radius 1 is 0.841 bits per heavy atom. The monoisotopic (exact) mass is 665 g/mol. The van der Waals surface area contributed by atoms with E-state index in [0.717, 1.165) is 0 Å². The number of halogens is 4. The lowest BCUT2D eigenvalue weighted by Gasteiger charge is -2.54. The number of Topliss-reactive ketones (excluding diaryl/α,β-unsaturated/α-hetero) is 1. The molecule has 0 saturated heterocycles. The second kappa shape index (κ2) is 12.9. The Morgan fingerprint density at radius 2 is 1.36 bits per heavy atom. The number of aliphatic hydroxyl groups is 1. The molecule has 1 aliphatic carbocycles. The molecule has 0 radical (unpaired) electrons. The normalized spacial score (nSPS) is 24.7. The highest BCUT2D eigenvalue weighted by Crippen LogP contribution is 2.65. The maximum Gasteiger partial charge on any atom is 0.327 e. The van der Waals surface area contributed by atoms with Crippen molar-refractivity contribution < 1.29 is 19.4 Å². The van der Waals surface area contributed by atoms with Crippen LogP contribution in [0, 0.1) is 22.7 Å². The van der Waals surface area contributed by atoms with E-state index in [1.54, 1.807) is 104 Å². The van der Waals surface area contributed by atoms with Crippen LogP contribution in [-0.4, -0.2) is 23.5 Å². The highest BCUT2D eigenvalue weighted by Gasteiger charge is 2.68. The summed E-state index contributed by atoms with van der Waals surface area (Å²) in [5.41, 5.74) is -2.60. The first-order chi connectivity index (χ1) is 21.1. The molecule has 0 spiro atoms. The Labute approximate surface area is 275 Å². The number of carbonyl (C=O) groups excluding carboxylic acids is 2. The third-order valence-corrected chi connectivity index (χ3v) is 9.67. The lowest BCUT2D eigenvalue weighted by molar-refractivity contribution is -0.164. The number of carbonyl (C=O) groups is 2.